The maximum atomic E-state index is 9.58. The molecule has 0 aliphatic heterocycles. The van der Waals surface area contributed by atoms with Crippen LogP contribution in [-0.2, 0) is 0 Å². The molecule has 0 aliphatic carbocycles. The molecule has 2 aromatic heterocycles. The molecule has 3 heteroatoms. The van der Waals surface area contributed by atoms with Crippen LogP contribution >= 0.6 is 0 Å². The number of hydrogen-bond acceptors (Lipinski definition) is 2. The fourth-order valence-electron chi connectivity index (χ4n) is 5.17. The van der Waals surface area contributed by atoms with Crippen LogP contribution in [0.25, 0.3) is 60.6 Å². The van der Waals surface area contributed by atoms with Crippen LogP contribution in [-0.4, -0.2) is 4.57 Å². The molecule has 0 fully saturated rings. The van der Waals surface area contributed by atoms with E-state index >= 15 is 0 Å². The van der Waals surface area contributed by atoms with Gasteiger partial charge in [0.05, 0.1) is 43.9 Å². The van der Waals surface area contributed by atoms with Gasteiger partial charge in [0.15, 0.2) is 0 Å². The van der Waals surface area contributed by atoms with Gasteiger partial charge in [0.2, 0.25) is 0 Å². The SMILES string of the molecule is [2H]c1cc2c(c([2H])c1[2H])c1cc(N(c3cc([2H])c(-c4c([2H])c([2H])c([2H])c([2H])c4[2H])c([2H])c3[2H])c3c([2H])c([2H])c4c(oc5c([2H])c([2H])c([2H])c([2H])c54)c3[2H])cc([2H])c1n2-c1c([2H])c([2H])c([2H])c([2H])c1[2H]. The first kappa shape index (κ1) is 11.1. The predicted molar refractivity (Wildman–Crippen MR) is 188 cm³/mol. The first-order valence-electron chi connectivity index (χ1n) is 25.3. The van der Waals surface area contributed by atoms with E-state index in [2.05, 4.69) is 0 Å². The van der Waals surface area contributed by atoms with Crippen molar-refractivity contribution in [2.75, 3.05) is 4.90 Å². The number of anilines is 3. The van der Waals surface area contributed by atoms with Crippen molar-refractivity contribution in [3.63, 3.8) is 0 Å². The van der Waals surface area contributed by atoms with Gasteiger partial charge in [-0.25, -0.2) is 0 Å². The summed E-state index contributed by atoms with van der Waals surface area (Å²) in [6.07, 6.45) is 0. The van der Waals surface area contributed by atoms with Crippen LogP contribution in [0.3, 0.4) is 0 Å². The van der Waals surface area contributed by atoms with Gasteiger partial charge in [-0.1, -0.05) is 96.7 Å². The van der Waals surface area contributed by atoms with Gasteiger partial charge in [0, 0.05) is 50.3 Å². The highest BCUT2D eigenvalue weighted by Crippen LogP contribution is 2.42. The lowest BCUT2D eigenvalue weighted by Gasteiger charge is -2.26. The summed E-state index contributed by atoms with van der Waals surface area (Å²) in [5, 5.41) is -1.04. The Bertz CT molecular complexity index is 3800. The Labute approximate surface area is 294 Å². The molecule has 0 atom stereocenters. The molecule has 0 radical (unpaired) electrons. The largest absolute Gasteiger partial charge is 0.456 e. The van der Waals surface area contributed by atoms with Crippen molar-refractivity contribution in [2.45, 2.75) is 0 Å². The Balaban J connectivity index is 1.46. The number of hydrogen-bond donors (Lipinski definition) is 0. The molecule has 0 unspecified atom stereocenters. The van der Waals surface area contributed by atoms with Gasteiger partial charge >= 0.3 is 0 Å². The molecule has 0 saturated heterocycles. The third kappa shape index (κ3) is 4.21. The Morgan fingerprint density at radius 3 is 2.04 bits per heavy atom. The molecule has 2 heterocycles. The molecule has 0 bridgehead atoms. The van der Waals surface area contributed by atoms with Gasteiger partial charge < -0.3 is 13.9 Å². The Hall–Kier alpha value is -6.06. The van der Waals surface area contributed by atoms with Crippen LogP contribution in [0.5, 0.6) is 0 Å². The Morgan fingerprint density at radius 1 is 0.467 bits per heavy atom. The zero-order valence-electron chi connectivity index (χ0n) is 46.6. The van der Waals surface area contributed by atoms with Gasteiger partial charge in [0.1, 0.15) is 11.2 Å². The predicted octanol–water partition coefficient (Wildman–Crippen LogP) is 11.8. The standard InChI is InChI=1S/C42H28N2O/c1-3-11-29(12-4-1)30-19-21-32(22-20-30)43(34-23-25-37-36-16-8-10-18-41(36)45-42(37)28-34)33-24-26-40-38(27-33)35-15-7-9-17-39(35)44(40)31-13-5-2-6-14-31/h1-28H/i1D,2D,3D,4D,5D,6D,7D,8D,9D,10D,11D,12D,13D,14D,15D,16D,18D,19D,20D,21D,23D,25D,26D,28D. The van der Waals surface area contributed by atoms with Gasteiger partial charge in [0.25, 0.3) is 0 Å². The zero-order chi connectivity index (χ0) is 50.6. The normalized spacial score (nSPS) is 19.0. The van der Waals surface area contributed by atoms with Crippen molar-refractivity contribution in [2.24, 2.45) is 0 Å². The first-order chi connectivity index (χ1) is 32.3. The molecule has 0 aliphatic rings. The summed E-state index contributed by atoms with van der Waals surface area (Å²) in [7, 11) is 0. The van der Waals surface area contributed by atoms with Crippen LogP contribution < -0.4 is 4.90 Å². The lowest BCUT2D eigenvalue weighted by Crippen LogP contribution is -2.09. The topological polar surface area (TPSA) is 21.3 Å². The monoisotopic (exact) mass is 600 g/mol. The van der Waals surface area contributed by atoms with Crippen molar-refractivity contribution in [3.8, 4) is 16.8 Å². The summed E-state index contributed by atoms with van der Waals surface area (Å²) in [5.41, 5.74) is -4.59. The fourth-order valence-corrected chi connectivity index (χ4v) is 5.17. The van der Waals surface area contributed by atoms with Gasteiger partial charge in [-0.05, 0) is 77.7 Å². The molecule has 3 nitrogen and oxygen atoms in total. The smallest absolute Gasteiger partial charge is 0.137 e. The second-order valence-corrected chi connectivity index (χ2v) is 9.60. The maximum Gasteiger partial charge on any atom is 0.137 e. The maximum absolute atomic E-state index is 9.58. The van der Waals surface area contributed by atoms with Crippen LogP contribution in [0.4, 0.5) is 17.1 Å². The number of aromatic nitrogens is 1. The number of para-hydroxylation sites is 3. The van der Waals surface area contributed by atoms with Gasteiger partial charge in [-0.15, -0.1) is 0 Å². The summed E-state index contributed by atoms with van der Waals surface area (Å²) in [6, 6.07) is -13.3. The Morgan fingerprint density at radius 2 is 1.16 bits per heavy atom. The molecule has 45 heavy (non-hydrogen) atoms. The molecule has 0 amide bonds. The molecule has 0 spiro atoms. The van der Waals surface area contributed by atoms with E-state index in [1.807, 2.05) is 0 Å². The number of fused-ring (bicyclic) bond motifs is 6. The van der Waals surface area contributed by atoms with E-state index in [0.717, 1.165) is 27.7 Å². The summed E-state index contributed by atoms with van der Waals surface area (Å²) in [6.45, 7) is 0. The molecule has 0 saturated carbocycles. The average Bonchev–Trinajstić information content (AvgIpc) is 3.87. The van der Waals surface area contributed by atoms with Crippen LogP contribution in [0, 0.1) is 0 Å². The molecular weight excluding hydrogens is 548 g/mol. The van der Waals surface area contributed by atoms with Crippen molar-refractivity contribution >= 4 is 60.8 Å². The third-order valence-electron chi connectivity index (χ3n) is 7.09. The van der Waals surface area contributed by atoms with Crippen molar-refractivity contribution in [1.29, 1.82) is 0 Å². The van der Waals surface area contributed by atoms with Crippen molar-refractivity contribution in [3.05, 3.63) is 169 Å². The van der Waals surface area contributed by atoms with E-state index < -0.39 is 184 Å². The van der Waals surface area contributed by atoms with E-state index in [-0.39, 0.29) is 38.3 Å². The minimum absolute atomic E-state index is 0.153. The molecule has 7 aromatic carbocycles. The third-order valence-corrected chi connectivity index (χ3v) is 7.09. The van der Waals surface area contributed by atoms with Crippen molar-refractivity contribution < 1.29 is 37.3 Å². The average molecular weight is 601 g/mol. The summed E-state index contributed by atoms with van der Waals surface area (Å²) in [4.78, 5) is 0.907. The first-order valence-corrected chi connectivity index (χ1v) is 13.3. The van der Waals surface area contributed by atoms with Crippen LogP contribution in [0.2, 0.25) is 0 Å². The highest BCUT2D eigenvalue weighted by molar-refractivity contribution is 6.11. The second-order valence-electron chi connectivity index (χ2n) is 9.60. The van der Waals surface area contributed by atoms with Gasteiger partial charge in [-0.2, -0.15) is 0 Å². The van der Waals surface area contributed by atoms with E-state index in [1.54, 1.807) is 0 Å². The molecule has 212 valence electrons. The summed E-state index contributed by atoms with van der Waals surface area (Å²) < 4.78 is 217. The number of rotatable bonds is 5. The highest BCUT2D eigenvalue weighted by Gasteiger charge is 2.19. The minimum Gasteiger partial charge on any atom is -0.456 e. The second kappa shape index (κ2) is 10.3. The lowest BCUT2D eigenvalue weighted by atomic mass is 10.0. The number of furan rings is 1. The summed E-state index contributed by atoms with van der Waals surface area (Å²) >= 11 is 0. The van der Waals surface area contributed by atoms with Gasteiger partial charge in [-0.3, -0.25) is 0 Å². The zero-order valence-corrected chi connectivity index (χ0v) is 22.6. The quantitative estimate of drug-likeness (QED) is 0.196. The molecule has 9 rings (SSSR count). The number of nitrogens with zero attached hydrogens (tertiary/aromatic N) is 2. The molecule has 0 N–H and O–H groups in total. The van der Waals surface area contributed by atoms with Crippen molar-refractivity contribution in [1.82, 2.24) is 4.57 Å². The minimum atomic E-state index is -0.890. The van der Waals surface area contributed by atoms with E-state index in [4.69, 9.17) is 27.7 Å². The van der Waals surface area contributed by atoms with Crippen LogP contribution in [0.15, 0.2) is 174 Å². The van der Waals surface area contributed by atoms with Crippen LogP contribution in [0.1, 0.15) is 32.9 Å². The number of benzene rings is 7. The van der Waals surface area contributed by atoms with E-state index in [0.29, 0.717) is 0 Å². The fraction of sp³-hybridized carbons (Fsp3) is 0. The molecule has 9 aromatic rings. The molecular formula is C42H28N2O. The summed E-state index contributed by atoms with van der Waals surface area (Å²) in [5.74, 6) is 0. The van der Waals surface area contributed by atoms with E-state index in [1.165, 1.54) is 6.07 Å². The Kier molecular flexibility index (Phi) is 2.55. The van der Waals surface area contributed by atoms with E-state index in [9.17, 15) is 9.60 Å². The highest BCUT2D eigenvalue weighted by atomic mass is 16.3. The lowest BCUT2D eigenvalue weighted by molar-refractivity contribution is 0.669.